The number of hydrogen-bond acceptors (Lipinski definition) is 2. The van der Waals surface area contributed by atoms with Crippen molar-refractivity contribution in [3.63, 3.8) is 0 Å². The van der Waals surface area contributed by atoms with Gasteiger partial charge in [0, 0.05) is 43.7 Å². The Morgan fingerprint density at radius 2 is 1.31 bits per heavy atom. The number of H-pyrrole nitrogens is 2. The van der Waals surface area contributed by atoms with Crippen LogP contribution in [0.25, 0.3) is 60.3 Å². The zero-order valence-corrected chi connectivity index (χ0v) is 19.3. The maximum absolute atomic E-state index is 10.4. The van der Waals surface area contributed by atoms with Crippen molar-refractivity contribution in [3.8, 4) is 22.6 Å². The Bertz CT molecular complexity index is 1860. The molecule has 0 saturated heterocycles. The highest BCUT2D eigenvalue weighted by Crippen LogP contribution is 2.48. The fraction of sp³-hybridized carbons (Fsp3) is 0.0968. The summed E-state index contributed by atoms with van der Waals surface area (Å²) in [5, 5.41) is 25.0. The van der Waals surface area contributed by atoms with Crippen LogP contribution in [0.3, 0.4) is 0 Å². The number of aryl methyl sites for hydroxylation is 1. The minimum Gasteiger partial charge on any atom is -0.508 e. The molecule has 0 bridgehead atoms. The number of hydrogen-bond donors (Lipinski definition) is 4. The number of aromatic amines is 2. The van der Waals surface area contributed by atoms with Gasteiger partial charge in [-0.25, -0.2) is 0 Å². The summed E-state index contributed by atoms with van der Waals surface area (Å²) in [7, 11) is 0. The fourth-order valence-corrected chi connectivity index (χ4v) is 5.65. The number of allylic oxidation sites excluding steroid dienone is 4. The molecule has 4 N–H and O–H groups in total. The summed E-state index contributed by atoms with van der Waals surface area (Å²) in [6, 6.07) is 19.7. The molecule has 6 aromatic rings. The molecule has 170 valence electrons. The van der Waals surface area contributed by atoms with Crippen LogP contribution in [0, 0.1) is 6.92 Å². The van der Waals surface area contributed by atoms with Gasteiger partial charge < -0.3 is 20.2 Å². The molecular weight excluding hydrogens is 432 g/mol. The van der Waals surface area contributed by atoms with E-state index in [-0.39, 0.29) is 11.5 Å². The molecule has 0 unspecified atom stereocenters. The van der Waals surface area contributed by atoms with Gasteiger partial charge in [0.05, 0.1) is 11.0 Å². The highest BCUT2D eigenvalue weighted by Gasteiger charge is 2.24. The maximum Gasteiger partial charge on any atom is 0.116 e. The van der Waals surface area contributed by atoms with Crippen LogP contribution in [-0.2, 0) is 0 Å². The summed E-state index contributed by atoms with van der Waals surface area (Å²) in [6.07, 6.45) is 8.46. The fourth-order valence-electron chi connectivity index (χ4n) is 5.65. The van der Waals surface area contributed by atoms with E-state index in [1.165, 1.54) is 11.1 Å². The van der Waals surface area contributed by atoms with Crippen LogP contribution in [0.5, 0.6) is 11.5 Å². The van der Waals surface area contributed by atoms with E-state index in [1.807, 2.05) is 24.3 Å². The second-order valence-corrected chi connectivity index (χ2v) is 9.48. The SMILES string of the molecule is Cc1ccc(-c2c3[nH]c4ccc(O)cc4c3c(C3=CC=CCC3)c3[nH]c4ccc(O)cc4c23)cc1. The van der Waals surface area contributed by atoms with E-state index in [0.717, 1.165) is 73.1 Å². The molecule has 2 aromatic heterocycles. The highest BCUT2D eigenvalue weighted by molar-refractivity contribution is 6.29. The lowest BCUT2D eigenvalue weighted by Crippen LogP contribution is -1.94. The van der Waals surface area contributed by atoms with E-state index in [9.17, 15) is 10.2 Å². The van der Waals surface area contributed by atoms with Gasteiger partial charge in [-0.1, -0.05) is 48.1 Å². The van der Waals surface area contributed by atoms with Crippen LogP contribution in [0.1, 0.15) is 24.0 Å². The Balaban J connectivity index is 1.79. The molecule has 1 aliphatic carbocycles. The van der Waals surface area contributed by atoms with Crippen molar-refractivity contribution in [2.75, 3.05) is 0 Å². The van der Waals surface area contributed by atoms with Gasteiger partial charge in [0.1, 0.15) is 11.5 Å². The molecule has 7 rings (SSSR count). The van der Waals surface area contributed by atoms with Crippen LogP contribution in [0.4, 0.5) is 0 Å². The number of rotatable bonds is 2. The van der Waals surface area contributed by atoms with Crippen LogP contribution < -0.4 is 0 Å². The Morgan fingerprint density at radius 1 is 0.714 bits per heavy atom. The van der Waals surface area contributed by atoms with Crippen LogP contribution in [0.2, 0.25) is 0 Å². The molecule has 4 heteroatoms. The Labute approximate surface area is 201 Å². The molecule has 4 aromatic carbocycles. The van der Waals surface area contributed by atoms with Crippen molar-refractivity contribution >= 4 is 49.2 Å². The molecule has 0 saturated carbocycles. The molecule has 35 heavy (non-hydrogen) atoms. The number of aromatic hydroxyl groups is 2. The molecule has 0 atom stereocenters. The first-order valence-electron chi connectivity index (χ1n) is 12.0. The first-order chi connectivity index (χ1) is 17.1. The predicted octanol–water partition coefficient (Wildman–Crippen LogP) is 8.08. The largest absolute Gasteiger partial charge is 0.508 e. The Kier molecular flexibility index (Phi) is 4.15. The van der Waals surface area contributed by atoms with Gasteiger partial charge in [-0.3, -0.25) is 0 Å². The molecule has 0 amide bonds. The summed E-state index contributed by atoms with van der Waals surface area (Å²) in [5.41, 5.74) is 9.89. The maximum atomic E-state index is 10.4. The van der Waals surface area contributed by atoms with Gasteiger partial charge in [0.25, 0.3) is 0 Å². The van der Waals surface area contributed by atoms with Gasteiger partial charge >= 0.3 is 0 Å². The lowest BCUT2D eigenvalue weighted by Gasteiger charge is -2.16. The van der Waals surface area contributed by atoms with Crippen molar-refractivity contribution in [1.82, 2.24) is 9.97 Å². The van der Waals surface area contributed by atoms with E-state index in [0.29, 0.717) is 0 Å². The number of aromatic nitrogens is 2. The third-order valence-electron chi connectivity index (χ3n) is 7.24. The third-order valence-corrected chi connectivity index (χ3v) is 7.24. The summed E-state index contributed by atoms with van der Waals surface area (Å²) in [5.74, 6) is 0.497. The van der Waals surface area contributed by atoms with E-state index in [2.05, 4.69) is 59.4 Å². The van der Waals surface area contributed by atoms with E-state index < -0.39 is 0 Å². The molecule has 0 radical (unpaired) electrons. The smallest absolute Gasteiger partial charge is 0.116 e. The third kappa shape index (κ3) is 2.93. The summed E-state index contributed by atoms with van der Waals surface area (Å²) < 4.78 is 0. The second kappa shape index (κ2) is 7.28. The Hall–Kier alpha value is -4.44. The van der Waals surface area contributed by atoms with Crippen molar-refractivity contribution in [1.29, 1.82) is 0 Å². The molecular formula is C31H24N2O2. The molecule has 0 fully saturated rings. The summed E-state index contributed by atoms with van der Waals surface area (Å²) in [6.45, 7) is 2.09. The minimum absolute atomic E-state index is 0.247. The topological polar surface area (TPSA) is 72.0 Å². The van der Waals surface area contributed by atoms with Crippen molar-refractivity contribution in [2.24, 2.45) is 0 Å². The second-order valence-electron chi connectivity index (χ2n) is 9.48. The summed E-state index contributed by atoms with van der Waals surface area (Å²) in [4.78, 5) is 7.40. The van der Waals surface area contributed by atoms with Crippen LogP contribution in [0.15, 0.2) is 78.9 Å². The lowest BCUT2D eigenvalue weighted by atomic mass is 9.87. The minimum atomic E-state index is 0.247. The average Bonchev–Trinajstić information content (AvgIpc) is 3.42. The number of phenolic OH excluding ortho intramolecular Hbond substituents is 2. The van der Waals surface area contributed by atoms with Gasteiger partial charge in [-0.2, -0.15) is 0 Å². The zero-order chi connectivity index (χ0) is 23.7. The van der Waals surface area contributed by atoms with Crippen molar-refractivity contribution < 1.29 is 10.2 Å². The first-order valence-corrected chi connectivity index (χ1v) is 12.0. The lowest BCUT2D eigenvalue weighted by molar-refractivity contribution is 0.475. The summed E-state index contributed by atoms with van der Waals surface area (Å²) >= 11 is 0. The van der Waals surface area contributed by atoms with Gasteiger partial charge in [-0.05, 0) is 67.3 Å². The van der Waals surface area contributed by atoms with E-state index in [1.54, 1.807) is 12.1 Å². The zero-order valence-electron chi connectivity index (χ0n) is 19.3. The average molecular weight is 457 g/mol. The van der Waals surface area contributed by atoms with Crippen molar-refractivity contribution in [3.05, 3.63) is 90.0 Å². The predicted molar refractivity (Wildman–Crippen MR) is 145 cm³/mol. The van der Waals surface area contributed by atoms with Gasteiger partial charge in [0.2, 0.25) is 0 Å². The number of benzene rings is 4. The van der Waals surface area contributed by atoms with Crippen molar-refractivity contribution in [2.45, 2.75) is 19.8 Å². The monoisotopic (exact) mass is 456 g/mol. The standard InChI is InChI=1S/C31H24N2O2/c1-17-7-9-19(10-8-17)27-29-23-16-21(35)12-14-25(23)32-30(29)26(18-5-3-2-4-6-18)28-22-15-20(34)11-13-24(22)33-31(27)28/h2-3,5,7-16,32-35H,4,6H2,1H3. The van der Waals surface area contributed by atoms with E-state index >= 15 is 0 Å². The molecule has 1 aliphatic rings. The highest BCUT2D eigenvalue weighted by atomic mass is 16.3. The van der Waals surface area contributed by atoms with Gasteiger partial charge in [0.15, 0.2) is 0 Å². The van der Waals surface area contributed by atoms with Gasteiger partial charge in [-0.15, -0.1) is 0 Å². The number of phenols is 2. The molecule has 0 spiro atoms. The first kappa shape index (κ1) is 20.0. The normalized spacial score (nSPS) is 13.9. The van der Waals surface area contributed by atoms with E-state index in [4.69, 9.17) is 0 Å². The molecule has 0 aliphatic heterocycles. The number of nitrogens with one attached hydrogen (secondary N) is 2. The quantitative estimate of drug-likeness (QED) is 0.213. The molecule has 4 nitrogen and oxygen atoms in total. The van der Waals surface area contributed by atoms with Crippen LogP contribution >= 0.6 is 0 Å². The molecule has 2 heterocycles. The number of fused-ring (bicyclic) bond motifs is 6. The Morgan fingerprint density at radius 3 is 1.91 bits per heavy atom. The van der Waals surface area contributed by atoms with Crippen LogP contribution in [-0.4, -0.2) is 20.2 Å².